The van der Waals surface area contributed by atoms with Gasteiger partial charge in [0.15, 0.2) is 0 Å². The second-order valence-electron chi connectivity index (χ2n) is 4.69. The van der Waals surface area contributed by atoms with Crippen LogP contribution in [0.4, 0.5) is 0 Å². The molecule has 0 aliphatic heterocycles. The molecule has 2 unspecified atom stereocenters. The van der Waals surface area contributed by atoms with Gasteiger partial charge in [0.05, 0.1) is 11.5 Å². The molecule has 4 N–H and O–H groups in total. The molecule has 1 aliphatic rings. The molecule has 0 bridgehead atoms. The monoisotopic (exact) mass is 298 g/mol. The third kappa shape index (κ3) is 2.64. The van der Waals surface area contributed by atoms with Crippen molar-refractivity contribution in [2.45, 2.75) is 19.8 Å². The molecule has 0 radical (unpaired) electrons. The van der Waals surface area contributed by atoms with Crippen molar-refractivity contribution in [3.8, 4) is 0 Å². The normalized spacial score (nSPS) is 25.9. The highest BCUT2D eigenvalue weighted by Crippen LogP contribution is 2.46. The maximum Gasteiger partial charge on any atom is 0.333 e. The Kier molecular flexibility index (Phi) is 4.52. The number of carbonyl (C=O) groups is 4. The van der Waals surface area contributed by atoms with Crippen LogP contribution < -0.4 is 0 Å². The lowest BCUT2D eigenvalue weighted by Gasteiger charge is -2.37. The summed E-state index contributed by atoms with van der Waals surface area (Å²) >= 11 is 0. The zero-order valence-electron chi connectivity index (χ0n) is 11.1. The highest BCUT2D eigenvalue weighted by atomic mass is 16.4. The minimum Gasteiger partial charge on any atom is -0.481 e. The molecule has 2 atom stereocenters. The fourth-order valence-corrected chi connectivity index (χ4v) is 2.57. The molecular weight excluding hydrogens is 284 g/mol. The number of hydrogen-bond acceptors (Lipinski definition) is 4. The van der Waals surface area contributed by atoms with E-state index in [1.807, 2.05) is 0 Å². The fraction of sp³-hybridized carbons (Fsp3) is 0.385. The van der Waals surface area contributed by atoms with E-state index < -0.39 is 52.8 Å². The number of allylic oxidation sites excluding steroid dienone is 2. The number of carboxylic acids is 4. The summed E-state index contributed by atoms with van der Waals surface area (Å²) in [5.74, 6) is -8.07. The summed E-state index contributed by atoms with van der Waals surface area (Å²) in [7, 11) is 0. The lowest BCUT2D eigenvalue weighted by molar-refractivity contribution is -0.162. The lowest BCUT2D eigenvalue weighted by Crippen LogP contribution is -2.47. The maximum absolute atomic E-state index is 11.7. The average Bonchev–Trinajstić information content (AvgIpc) is 2.38. The van der Waals surface area contributed by atoms with E-state index >= 15 is 0 Å². The first kappa shape index (κ1) is 16.4. The number of rotatable bonds is 5. The summed E-state index contributed by atoms with van der Waals surface area (Å²) in [6, 6.07) is 0. The van der Waals surface area contributed by atoms with Crippen LogP contribution in [0.15, 0.2) is 23.3 Å². The summed E-state index contributed by atoms with van der Waals surface area (Å²) in [5.41, 5.74) is -3.90. The van der Waals surface area contributed by atoms with Crippen molar-refractivity contribution in [1.82, 2.24) is 0 Å². The minimum absolute atomic E-state index is 0.189. The SMILES string of the molecule is CC(C(=O)O)=C(C(=O)O)C1(C(=O)O)CC=CCC1C(=O)O. The smallest absolute Gasteiger partial charge is 0.333 e. The van der Waals surface area contributed by atoms with Gasteiger partial charge in [0, 0.05) is 5.57 Å². The predicted octanol–water partition coefficient (Wildman–Crippen LogP) is 0.594. The molecule has 1 aliphatic carbocycles. The fourth-order valence-electron chi connectivity index (χ4n) is 2.57. The largest absolute Gasteiger partial charge is 0.481 e. The molecule has 1 rings (SSSR count). The van der Waals surface area contributed by atoms with Gasteiger partial charge in [-0.1, -0.05) is 12.2 Å². The summed E-state index contributed by atoms with van der Waals surface area (Å²) in [6.45, 7) is 0.952. The van der Waals surface area contributed by atoms with Gasteiger partial charge >= 0.3 is 23.9 Å². The van der Waals surface area contributed by atoms with Gasteiger partial charge in [-0.3, -0.25) is 9.59 Å². The second-order valence-corrected chi connectivity index (χ2v) is 4.69. The number of aliphatic carboxylic acids is 4. The zero-order chi connectivity index (χ0) is 16.4. The molecule has 8 heteroatoms. The molecule has 8 nitrogen and oxygen atoms in total. The van der Waals surface area contributed by atoms with Crippen LogP contribution in [0.3, 0.4) is 0 Å². The Balaban J connectivity index is 3.73. The van der Waals surface area contributed by atoms with Crippen LogP contribution in [0.5, 0.6) is 0 Å². The molecule has 0 spiro atoms. The Bertz CT molecular complexity index is 571. The van der Waals surface area contributed by atoms with Gasteiger partial charge < -0.3 is 20.4 Å². The molecule has 21 heavy (non-hydrogen) atoms. The maximum atomic E-state index is 11.7. The van der Waals surface area contributed by atoms with Crippen molar-refractivity contribution in [3.63, 3.8) is 0 Å². The first-order valence-corrected chi connectivity index (χ1v) is 5.95. The van der Waals surface area contributed by atoms with Crippen molar-refractivity contribution in [1.29, 1.82) is 0 Å². The molecule has 0 heterocycles. The Morgan fingerprint density at radius 1 is 1.00 bits per heavy atom. The highest BCUT2D eigenvalue weighted by molar-refractivity contribution is 6.05. The van der Waals surface area contributed by atoms with Crippen LogP contribution in [-0.4, -0.2) is 44.3 Å². The quantitative estimate of drug-likeness (QED) is 0.425. The van der Waals surface area contributed by atoms with Gasteiger partial charge in [0.25, 0.3) is 0 Å². The number of carboxylic acid groups (broad SMARTS) is 4. The summed E-state index contributed by atoms with van der Waals surface area (Å²) in [5, 5.41) is 36.9. The predicted molar refractivity (Wildman–Crippen MR) is 67.5 cm³/mol. The second kappa shape index (κ2) is 5.78. The Morgan fingerprint density at radius 3 is 1.95 bits per heavy atom. The van der Waals surface area contributed by atoms with Crippen molar-refractivity contribution in [3.05, 3.63) is 23.3 Å². The van der Waals surface area contributed by atoms with Crippen LogP contribution in [-0.2, 0) is 19.2 Å². The molecular formula is C13H14O8. The van der Waals surface area contributed by atoms with Gasteiger partial charge in [-0.05, 0) is 19.8 Å². The van der Waals surface area contributed by atoms with Crippen LogP contribution >= 0.6 is 0 Å². The molecule has 0 saturated carbocycles. The first-order chi connectivity index (χ1) is 9.66. The van der Waals surface area contributed by atoms with Crippen molar-refractivity contribution < 1.29 is 39.6 Å². The molecule has 0 aromatic carbocycles. The van der Waals surface area contributed by atoms with Crippen molar-refractivity contribution in [2.24, 2.45) is 11.3 Å². The van der Waals surface area contributed by atoms with Crippen molar-refractivity contribution >= 4 is 23.9 Å². The van der Waals surface area contributed by atoms with E-state index in [9.17, 15) is 34.5 Å². The molecule has 0 aromatic heterocycles. The van der Waals surface area contributed by atoms with E-state index in [0.717, 1.165) is 6.92 Å². The first-order valence-electron chi connectivity index (χ1n) is 5.95. The van der Waals surface area contributed by atoms with E-state index in [2.05, 4.69) is 0 Å². The van der Waals surface area contributed by atoms with Gasteiger partial charge in [0.2, 0.25) is 0 Å². The van der Waals surface area contributed by atoms with Crippen LogP contribution in [0.25, 0.3) is 0 Å². The lowest BCUT2D eigenvalue weighted by atomic mass is 9.63. The van der Waals surface area contributed by atoms with E-state index in [1.54, 1.807) is 0 Å². The van der Waals surface area contributed by atoms with Gasteiger partial charge in [-0.25, -0.2) is 9.59 Å². The number of hydrogen-bond donors (Lipinski definition) is 4. The van der Waals surface area contributed by atoms with Crippen LogP contribution in [0.2, 0.25) is 0 Å². The van der Waals surface area contributed by atoms with E-state index in [1.165, 1.54) is 12.2 Å². The molecule has 114 valence electrons. The van der Waals surface area contributed by atoms with E-state index in [0.29, 0.717) is 0 Å². The van der Waals surface area contributed by atoms with Gasteiger partial charge in [0.1, 0.15) is 5.41 Å². The van der Waals surface area contributed by atoms with E-state index in [-0.39, 0.29) is 6.42 Å². The average molecular weight is 298 g/mol. The molecule has 0 amide bonds. The van der Waals surface area contributed by atoms with Crippen LogP contribution in [0.1, 0.15) is 19.8 Å². The Morgan fingerprint density at radius 2 is 1.57 bits per heavy atom. The minimum atomic E-state index is -2.31. The van der Waals surface area contributed by atoms with Gasteiger partial charge in [-0.2, -0.15) is 0 Å². The van der Waals surface area contributed by atoms with Crippen LogP contribution in [0, 0.1) is 11.3 Å². The third-order valence-electron chi connectivity index (χ3n) is 3.61. The molecule has 0 fully saturated rings. The molecule has 0 aromatic rings. The van der Waals surface area contributed by atoms with Crippen molar-refractivity contribution in [2.75, 3.05) is 0 Å². The Hall–Kier alpha value is -2.64. The topological polar surface area (TPSA) is 149 Å². The van der Waals surface area contributed by atoms with E-state index in [4.69, 9.17) is 5.11 Å². The van der Waals surface area contributed by atoms with Gasteiger partial charge in [-0.15, -0.1) is 0 Å². The highest BCUT2D eigenvalue weighted by Gasteiger charge is 2.55. The summed E-state index contributed by atoms with van der Waals surface area (Å²) in [4.78, 5) is 45.5. The Labute approximate surface area is 119 Å². The standard InChI is InChI=1S/C13H14O8/c1-6(9(14)15)8(11(18)19)13(12(20)21)5-3-2-4-7(13)10(16)17/h2-3,7H,4-5H2,1H3,(H,14,15)(H,16,17)(H,18,19)(H,20,21). The summed E-state index contributed by atoms with van der Waals surface area (Å²) in [6.07, 6.45) is 2.21. The third-order valence-corrected chi connectivity index (χ3v) is 3.61. The zero-order valence-corrected chi connectivity index (χ0v) is 11.1. The summed E-state index contributed by atoms with van der Waals surface area (Å²) < 4.78 is 0. The molecule has 0 saturated heterocycles.